The number of morpholine rings is 1. The average Bonchev–Trinajstić information content (AvgIpc) is 2.36. The van der Waals surface area contributed by atoms with E-state index in [1.54, 1.807) is 0 Å². The van der Waals surface area contributed by atoms with Crippen molar-refractivity contribution in [2.45, 2.75) is 37.5 Å². The second-order valence-corrected chi connectivity index (χ2v) is 7.71. The number of aliphatic imine (C=N–C) groups is 1. The molecule has 110 valence electrons. The Morgan fingerprint density at radius 1 is 1.47 bits per heavy atom. The Labute approximate surface area is 114 Å². The van der Waals surface area contributed by atoms with Crippen molar-refractivity contribution in [2.24, 2.45) is 10.7 Å². The number of ether oxygens (including phenoxy) is 1. The molecule has 0 aromatic heterocycles. The number of hydrogen-bond donors (Lipinski definition) is 1. The van der Waals surface area contributed by atoms with Crippen LogP contribution in [0.4, 0.5) is 0 Å². The van der Waals surface area contributed by atoms with Crippen molar-refractivity contribution in [3.63, 3.8) is 0 Å². The highest BCUT2D eigenvalue weighted by molar-refractivity contribution is 7.92. The molecule has 0 aromatic rings. The quantitative estimate of drug-likeness (QED) is 0.571. The van der Waals surface area contributed by atoms with Gasteiger partial charge < -0.3 is 15.4 Å². The van der Waals surface area contributed by atoms with Gasteiger partial charge in [-0.2, -0.15) is 0 Å². The summed E-state index contributed by atoms with van der Waals surface area (Å²) in [6, 6.07) is 0. The lowest BCUT2D eigenvalue weighted by Crippen LogP contribution is -2.48. The zero-order valence-corrected chi connectivity index (χ0v) is 12.2. The lowest BCUT2D eigenvalue weighted by atomic mass is 10.2. The molecule has 6 nitrogen and oxygen atoms in total. The van der Waals surface area contributed by atoms with Crippen molar-refractivity contribution in [3.05, 3.63) is 0 Å². The van der Waals surface area contributed by atoms with Gasteiger partial charge in [-0.15, -0.1) is 0 Å². The zero-order chi connectivity index (χ0) is 13.9. The SMILES string of the molecule is CC1CN(C(N)=NCC2CCCCS2(=O)=O)CCO1. The Bertz CT molecular complexity index is 436. The van der Waals surface area contributed by atoms with Gasteiger partial charge in [-0.1, -0.05) is 6.42 Å². The molecule has 2 heterocycles. The number of nitrogens with zero attached hydrogens (tertiary/aromatic N) is 2. The summed E-state index contributed by atoms with van der Waals surface area (Å²) in [5.74, 6) is 0.734. The molecular formula is C12H23N3O3S. The van der Waals surface area contributed by atoms with Gasteiger partial charge in [-0.05, 0) is 19.8 Å². The molecule has 2 atom stereocenters. The largest absolute Gasteiger partial charge is 0.375 e. The fourth-order valence-corrected chi connectivity index (χ4v) is 4.32. The van der Waals surface area contributed by atoms with Gasteiger partial charge in [-0.25, -0.2) is 8.42 Å². The van der Waals surface area contributed by atoms with Crippen molar-refractivity contribution in [3.8, 4) is 0 Å². The fraction of sp³-hybridized carbons (Fsp3) is 0.917. The maximum Gasteiger partial charge on any atom is 0.191 e. The molecule has 2 N–H and O–H groups in total. The molecule has 2 aliphatic heterocycles. The predicted molar refractivity (Wildman–Crippen MR) is 74.9 cm³/mol. The normalized spacial score (nSPS) is 32.3. The molecule has 0 spiro atoms. The third kappa shape index (κ3) is 3.82. The molecule has 2 rings (SSSR count). The molecule has 7 heteroatoms. The molecule has 0 amide bonds. The van der Waals surface area contributed by atoms with Crippen LogP contribution in [0.5, 0.6) is 0 Å². The minimum atomic E-state index is -2.97. The maximum atomic E-state index is 11.9. The Morgan fingerprint density at radius 2 is 2.26 bits per heavy atom. The molecule has 0 saturated carbocycles. The van der Waals surface area contributed by atoms with E-state index in [-0.39, 0.29) is 11.4 Å². The second-order valence-electron chi connectivity index (χ2n) is 5.31. The average molecular weight is 289 g/mol. The molecule has 0 aromatic carbocycles. The van der Waals surface area contributed by atoms with Crippen LogP contribution in [-0.2, 0) is 14.6 Å². The molecule has 2 fully saturated rings. The van der Waals surface area contributed by atoms with E-state index in [0.717, 1.165) is 19.4 Å². The van der Waals surface area contributed by atoms with E-state index in [0.29, 0.717) is 37.8 Å². The summed E-state index contributed by atoms with van der Waals surface area (Å²) in [7, 11) is -2.97. The summed E-state index contributed by atoms with van der Waals surface area (Å²) in [6.07, 6.45) is 2.59. The summed E-state index contributed by atoms with van der Waals surface area (Å²) >= 11 is 0. The third-order valence-electron chi connectivity index (χ3n) is 3.73. The fourth-order valence-electron chi connectivity index (χ4n) is 2.55. The number of sulfone groups is 1. The van der Waals surface area contributed by atoms with E-state index in [1.165, 1.54) is 0 Å². The van der Waals surface area contributed by atoms with Gasteiger partial charge in [0.1, 0.15) is 0 Å². The summed E-state index contributed by atoms with van der Waals surface area (Å²) in [5, 5.41) is -0.349. The van der Waals surface area contributed by atoms with Crippen molar-refractivity contribution in [1.29, 1.82) is 0 Å². The van der Waals surface area contributed by atoms with E-state index in [4.69, 9.17) is 10.5 Å². The van der Waals surface area contributed by atoms with Crippen molar-refractivity contribution >= 4 is 15.8 Å². The molecule has 2 saturated heterocycles. The summed E-state index contributed by atoms with van der Waals surface area (Å²) in [4.78, 5) is 6.25. The highest BCUT2D eigenvalue weighted by Crippen LogP contribution is 2.19. The lowest BCUT2D eigenvalue weighted by molar-refractivity contribution is 0.00530. The molecule has 19 heavy (non-hydrogen) atoms. The second kappa shape index (κ2) is 6.09. The van der Waals surface area contributed by atoms with E-state index in [2.05, 4.69) is 4.99 Å². The van der Waals surface area contributed by atoms with E-state index in [1.807, 2.05) is 11.8 Å². The lowest BCUT2D eigenvalue weighted by Gasteiger charge is -2.32. The Hall–Kier alpha value is -0.820. The number of guanidine groups is 1. The van der Waals surface area contributed by atoms with Gasteiger partial charge in [0.25, 0.3) is 0 Å². The number of hydrogen-bond acceptors (Lipinski definition) is 4. The first-order chi connectivity index (χ1) is 8.99. The van der Waals surface area contributed by atoms with Crippen molar-refractivity contribution < 1.29 is 13.2 Å². The maximum absolute atomic E-state index is 11.9. The van der Waals surface area contributed by atoms with Crippen LogP contribution in [0.2, 0.25) is 0 Å². The van der Waals surface area contributed by atoms with Gasteiger partial charge in [0.15, 0.2) is 15.8 Å². The van der Waals surface area contributed by atoms with Crippen molar-refractivity contribution in [1.82, 2.24) is 4.90 Å². The van der Waals surface area contributed by atoms with Gasteiger partial charge >= 0.3 is 0 Å². The minimum Gasteiger partial charge on any atom is -0.375 e. The summed E-state index contributed by atoms with van der Waals surface area (Å²) in [5.41, 5.74) is 5.94. The first-order valence-electron chi connectivity index (χ1n) is 6.87. The molecule has 2 unspecified atom stereocenters. The smallest absolute Gasteiger partial charge is 0.191 e. The number of nitrogens with two attached hydrogens (primary N) is 1. The van der Waals surface area contributed by atoms with Crippen LogP contribution in [0.25, 0.3) is 0 Å². The van der Waals surface area contributed by atoms with Crippen LogP contribution in [0.1, 0.15) is 26.2 Å². The molecule has 0 aliphatic carbocycles. The minimum absolute atomic E-state index is 0.140. The van der Waals surface area contributed by atoms with E-state index in [9.17, 15) is 8.42 Å². The van der Waals surface area contributed by atoms with Crippen LogP contribution in [0.3, 0.4) is 0 Å². The van der Waals surface area contributed by atoms with Crippen LogP contribution < -0.4 is 5.73 Å². The standard InChI is InChI=1S/C12H23N3O3S/c1-10-9-15(5-6-18-10)12(13)14-8-11-4-2-3-7-19(11,16)17/h10-11H,2-9H2,1H3,(H2,13,14). The topological polar surface area (TPSA) is 85.0 Å². The van der Waals surface area contributed by atoms with Crippen LogP contribution >= 0.6 is 0 Å². The van der Waals surface area contributed by atoms with Gasteiger partial charge in [0, 0.05) is 13.1 Å². The predicted octanol–water partition coefficient (Wildman–Crippen LogP) is -0.0109. The summed E-state index contributed by atoms with van der Waals surface area (Å²) < 4.78 is 29.2. The highest BCUT2D eigenvalue weighted by Gasteiger charge is 2.28. The van der Waals surface area contributed by atoms with Gasteiger partial charge in [0.05, 0.1) is 30.3 Å². The van der Waals surface area contributed by atoms with E-state index < -0.39 is 9.84 Å². The zero-order valence-electron chi connectivity index (χ0n) is 11.4. The first-order valence-corrected chi connectivity index (χ1v) is 8.58. The molecular weight excluding hydrogens is 266 g/mol. The summed E-state index contributed by atoms with van der Waals surface area (Å²) in [6.45, 7) is 4.36. The van der Waals surface area contributed by atoms with E-state index >= 15 is 0 Å². The van der Waals surface area contributed by atoms with Crippen LogP contribution in [0.15, 0.2) is 4.99 Å². The highest BCUT2D eigenvalue weighted by atomic mass is 32.2. The Morgan fingerprint density at radius 3 is 2.95 bits per heavy atom. The third-order valence-corrected chi connectivity index (χ3v) is 5.99. The molecule has 0 radical (unpaired) electrons. The first kappa shape index (κ1) is 14.6. The molecule has 2 aliphatic rings. The van der Waals surface area contributed by atoms with Crippen LogP contribution in [0, 0.1) is 0 Å². The van der Waals surface area contributed by atoms with Gasteiger partial charge in [0.2, 0.25) is 0 Å². The monoisotopic (exact) mass is 289 g/mol. The molecule has 0 bridgehead atoms. The Balaban J connectivity index is 1.93. The Kier molecular flexibility index (Phi) is 4.67. The van der Waals surface area contributed by atoms with Gasteiger partial charge in [-0.3, -0.25) is 4.99 Å². The van der Waals surface area contributed by atoms with Crippen LogP contribution in [-0.4, -0.2) is 62.6 Å². The van der Waals surface area contributed by atoms with Crippen molar-refractivity contribution in [2.75, 3.05) is 32.0 Å². The number of rotatable bonds is 2.